The molecule has 0 radical (unpaired) electrons. The minimum atomic E-state index is -0.254. The second-order valence-corrected chi connectivity index (χ2v) is 7.00. The predicted octanol–water partition coefficient (Wildman–Crippen LogP) is 3.47. The van der Waals surface area contributed by atoms with Crippen molar-refractivity contribution >= 4 is 21.8 Å². The van der Waals surface area contributed by atoms with Gasteiger partial charge < -0.3 is 5.32 Å². The molecule has 1 aromatic carbocycles. The van der Waals surface area contributed by atoms with Gasteiger partial charge in [-0.25, -0.2) is 0 Å². The zero-order chi connectivity index (χ0) is 13.3. The van der Waals surface area contributed by atoms with Crippen LogP contribution in [0.1, 0.15) is 48.7 Å². The summed E-state index contributed by atoms with van der Waals surface area (Å²) in [5.41, 5.74) is 3.26. The average molecular weight is 310 g/mol. The highest BCUT2D eigenvalue weighted by Gasteiger charge is 2.26. The summed E-state index contributed by atoms with van der Waals surface area (Å²) in [6.07, 6.45) is 3.47. The summed E-state index contributed by atoms with van der Waals surface area (Å²) in [6, 6.07) is 6.09. The van der Waals surface area contributed by atoms with E-state index in [0.717, 1.165) is 18.4 Å². The molecule has 1 N–H and O–H groups in total. The number of hydrogen-bond donors (Lipinski definition) is 1. The third kappa shape index (κ3) is 2.77. The van der Waals surface area contributed by atoms with Gasteiger partial charge in [0.1, 0.15) is 0 Å². The molecule has 1 aliphatic rings. The van der Waals surface area contributed by atoms with Crippen LogP contribution in [0.15, 0.2) is 18.2 Å². The molecular formula is C15H20BrNO. The second kappa shape index (κ2) is 5.04. The van der Waals surface area contributed by atoms with Crippen LogP contribution >= 0.6 is 15.9 Å². The fraction of sp³-hybridized carbons (Fsp3) is 0.533. The number of carbonyl (C=O) groups excluding carboxylic acids is 1. The highest BCUT2D eigenvalue weighted by molar-refractivity contribution is 9.09. The Bertz CT molecular complexity index is 466. The van der Waals surface area contributed by atoms with Gasteiger partial charge >= 0.3 is 0 Å². The van der Waals surface area contributed by atoms with Crippen LogP contribution in [0.5, 0.6) is 0 Å². The van der Waals surface area contributed by atoms with E-state index in [1.807, 2.05) is 32.9 Å². The summed E-state index contributed by atoms with van der Waals surface area (Å²) in [6.45, 7) is 6.10. The SMILES string of the molecule is CC(Br)C(C)(C)NC(=O)c1ccc2c(c1)CCC2. The van der Waals surface area contributed by atoms with Gasteiger partial charge in [-0.3, -0.25) is 4.79 Å². The Morgan fingerprint density at radius 3 is 2.67 bits per heavy atom. The molecule has 0 spiro atoms. The summed E-state index contributed by atoms with van der Waals surface area (Å²) in [5.74, 6) is 0.0148. The van der Waals surface area contributed by atoms with Gasteiger partial charge in [0.25, 0.3) is 5.91 Å². The third-order valence-electron chi connectivity index (χ3n) is 3.79. The van der Waals surface area contributed by atoms with Gasteiger partial charge in [-0.15, -0.1) is 0 Å². The van der Waals surface area contributed by atoms with Gasteiger partial charge in [-0.05, 0) is 56.4 Å². The van der Waals surface area contributed by atoms with E-state index in [1.165, 1.54) is 17.5 Å². The molecule has 1 atom stereocenters. The number of alkyl halides is 1. The molecule has 0 saturated heterocycles. The molecule has 0 saturated carbocycles. The molecule has 18 heavy (non-hydrogen) atoms. The van der Waals surface area contributed by atoms with Crippen molar-refractivity contribution in [3.8, 4) is 0 Å². The fourth-order valence-electron chi connectivity index (χ4n) is 2.18. The van der Waals surface area contributed by atoms with Gasteiger partial charge in [-0.2, -0.15) is 0 Å². The minimum absolute atomic E-state index is 0.0148. The maximum absolute atomic E-state index is 12.2. The Labute approximate surface area is 117 Å². The summed E-state index contributed by atoms with van der Waals surface area (Å²) in [5, 5.41) is 3.08. The molecule has 0 aromatic heterocycles. The zero-order valence-electron chi connectivity index (χ0n) is 11.2. The van der Waals surface area contributed by atoms with Crippen LogP contribution in [0.3, 0.4) is 0 Å². The maximum Gasteiger partial charge on any atom is 0.251 e. The van der Waals surface area contributed by atoms with Crippen molar-refractivity contribution in [1.82, 2.24) is 5.32 Å². The van der Waals surface area contributed by atoms with Crippen LogP contribution in [0.4, 0.5) is 0 Å². The number of amides is 1. The molecule has 1 amide bonds. The number of nitrogens with one attached hydrogen (secondary N) is 1. The molecule has 1 unspecified atom stereocenters. The van der Waals surface area contributed by atoms with Crippen molar-refractivity contribution in [2.24, 2.45) is 0 Å². The van der Waals surface area contributed by atoms with E-state index in [1.54, 1.807) is 0 Å². The lowest BCUT2D eigenvalue weighted by Gasteiger charge is -2.29. The molecule has 2 rings (SSSR count). The van der Waals surface area contributed by atoms with E-state index in [9.17, 15) is 4.79 Å². The number of fused-ring (bicyclic) bond motifs is 1. The number of halogens is 1. The topological polar surface area (TPSA) is 29.1 Å². The van der Waals surface area contributed by atoms with Crippen molar-refractivity contribution in [1.29, 1.82) is 0 Å². The van der Waals surface area contributed by atoms with E-state index in [-0.39, 0.29) is 16.3 Å². The van der Waals surface area contributed by atoms with Gasteiger partial charge in [0.05, 0.1) is 0 Å². The molecule has 98 valence electrons. The summed E-state index contributed by atoms with van der Waals surface area (Å²) in [4.78, 5) is 12.5. The molecule has 1 aromatic rings. The molecule has 0 fully saturated rings. The van der Waals surface area contributed by atoms with Crippen LogP contribution in [0, 0.1) is 0 Å². The highest BCUT2D eigenvalue weighted by Crippen LogP contribution is 2.23. The summed E-state index contributed by atoms with van der Waals surface area (Å²) in [7, 11) is 0. The first-order valence-corrected chi connectivity index (χ1v) is 7.40. The highest BCUT2D eigenvalue weighted by atomic mass is 79.9. The van der Waals surface area contributed by atoms with Gasteiger partial charge in [0.2, 0.25) is 0 Å². The molecule has 0 aliphatic heterocycles. The minimum Gasteiger partial charge on any atom is -0.346 e. The van der Waals surface area contributed by atoms with Gasteiger partial charge in [0.15, 0.2) is 0 Å². The van der Waals surface area contributed by atoms with Gasteiger partial charge in [-0.1, -0.05) is 28.9 Å². The van der Waals surface area contributed by atoms with E-state index in [0.29, 0.717) is 0 Å². The third-order valence-corrected chi connectivity index (χ3v) is 4.94. The van der Waals surface area contributed by atoms with Crippen LogP contribution < -0.4 is 5.32 Å². The molecule has 2 nitrogen and oxygen atoms in total. The molecule has 0 bridgehead atoms. The number of hydrogen-bond acceptors (Lipinski definition) is 1. The maximum atomic E-state index is 12.2. The Balaban J connectivity index is 2.15. The van der Waals surface area contributed by atoms with Crippen LogP contribution in [0.25, 0.3) is 0 Å². The number of carbonyl (C=O) groups is 1. The number of aryl methyl sites for hydroxylation is 2. The fourth-order valence-corrected chi connectivity index (χ4v) is 2.29. The molecule has 3 heteroatoms. The Morgan fingerprint density at radius 2 is 2.00 bits per heavy atom. The number of rotatable bonds is 3. The summed E-state index contributed by atoms with van der Waals surface area (Å²) < 4.78 is 0. The second-order valence-electron chi connectivity index (χ2n) is 5.63. The van der Waals surface area contributed by atoms with Crippen LogP contribution in [-0.4, -0.2) is 16.3 Å². The van der Waals surface area contributed by atoms with Crippen molar-refractivity contribution in [3.63, 3.8) is 0 Å². The largest absolute Gasteiger partial charge is 0.346 e. The lowest BCUT2D eigenvalue weighted by Crippen LogP contribution is -2.48. The standard InChI is InChI=1S/C15H20BrNO/c1-10(16)15(2,3)17-14(18)13-8-7-11-5-4-6-12(11)9-13/h7-10H,4-6H2,1-3H3,(H,17,18). The lowest BCUT2D eigenvalue weighted by atomic mass is 10.00. The zero-order valence-corrected chi connectivity index (χ0v) is 12.8. The lowest BCUT2D eigenvalue weighted by molar-refractivity contribution is 0.0914. The van der Waals surface area contributed by atoms with Crippen molar-refractivity contribution in [3.05, 3.63) is 34.9 Å². The monoisotopic (exact) mass is 309 g/mol. The normalized spacial score (nSPS) is 16.2. The van der Waals surface area contributed by atoms with E-state index in [4.69, 9.17) is 0 Å². The quantitative estimate of drug-likeness (QED) is 0.851. The average Bonchev–Trinajstić information content (AvgIpc) is 2.74. The van der Waals surface area contributed by atoms with Gasteiger partial charge in [0, 0.05) is 15.9 Å². The van der Waals surface area contributed by atoms with E-state index >= 15 is 0 Å². The molecule has 0 heterocycles. The first kappa shape index (κ1) is 13.6. The molecular weight excluding hydrogens is 290 g/mol. The van der Waals surface area contributed by atoms with E-state index in [2.05, 4.69) is 27.3 Å². The Hall–Kier alpha value is -0.830. The van der Waals surface area contributed by atoms with Crippen LogP contribution in [0.2, 0.25) is 0 Å². The Kier molecular flexibility index (Phi) is 3.81. The molecule has 1 aliphatic carbocycles. The smallest absolute Gasteiger partial charge is 0.251 e. The van der Waals surface area contributed by atoms with Crippen molar-refractivity contribution < 1.29 is 4.79 Å². The van der Waals surface area contributed by atoms with Crippen LogP contribution in [-0.2, 0) is 12.8 Å². The predicted molar refractivity (Wildman–Crippen MR) is 78.4 cm³/mol. The number of benzene rings is 1. The Morgan fingerprint density at radius 1 is 1.33 bits per heavy atom. The first-order valence-electron chi connectivity index (χ1n) is 6.48. The van der Waals surface area contributed by atoms with Crippen molar-refractivity contribution in [2.75, 3.05) is 0 Å². The van der Waals surface area contributed by atoms with Crippen molar-refractivity contribution in [2.45, 2.75) is 50.4 Å². The first-order chi connectivity index (χ1) is 8.40. The van der Waals surface area contributed by atoms with E-state index < -0.39 is 0 Å². The summed E-state index contributed by atoms with van der Waals surface area (Å²) >= 11 is 3.53.